The molecule has 1 atom stereocenters. The molecule has 0 spiro atoms. The maximum Gasteiger partial charge on any atom is 0.123 e. The smallest absolute Gasteiger partial charge is 0.123 e. The highest BCUT2D eigenvalue weighted by molar-refractivity contribution is 5.85. The topological polar surface area (TPSA) is 61.8 Å². The van der Waals surface area contributed by atoms with Gasteiger partial charge in [-0.05, 0) is 17.7 Å². The number of nitrogens with zero attached hydrogens (tertiary/aromatic N) is 2. The van der Waals surface area contributed by atoms with Crippen molar-refractivity contribution in [1.82, 2.24) is 15.0 Å². The molecule has 2 N–H and O–H groups in total. The lowest BCUT2D eigenvalue weighted by atomic mass is 10.0. The molecule has 2 heterocycles. The van der Waals surface area contributed by atoms with Crippen LogP contribution in [0.25, 0.3) is 10.9 Å². The number of fused-ring (bicyclic) bond motifs is 1. The van der Waals surface area contributed by atoms with Crippen molar-refractivity contribution < 1.29 is 5.11 Å². The van der Waals surface area contributed by atoms with Crippen molar-refractivity contribution in [2.75, 3.05) is 0 Å². The van der Waals surface area contributed by atoms with Gasteiger partial charge < -0.3 is 10.1 Å². The fraction of sp³-hybridized carbons (Fsp3) is 0.0769. The summed E-state index contributed by atoms with van der Waals surface area (Å²) in [7, 11) is 0. The van der Waals surface area contributed by atoms with E-state index < -0.39 is 6.10 Å². The Balaban J connectivity index is 0.000000902. The summed E-state index contributed by atoms with van der Waals surface area (Å²) < 4.78 is 0. The molecule has 1 unspecified atom stereocenters. The molecule has 6 heteroatoms. The Hall–Kier alpha value is -1.62. The van der Waals surface area contributed by atoms with Crippen molar-refractivity contribution in [3.05, 3.63) is 60.3 Å². The number of aromatic nitrogens is 3. The number of aliphatic hydroxyl groups is 1. The van der Waals surface area contributed by atoms with Crippen LogP contribution in [-0.4, -0.2) is 20.1 Å². The van der Waals surface area contributed by atoms with Gasteiger partial charge in [-0.25, -0.2) is 4.98 Å². The molecule has 3 rings (SSSR count). The van der Waals surface area contributed by atoms with Crippen LogP contribution in [0.4, 0.5) is 0 Å². The number of hydrogen-bond donors (Lipinski definition) is 2. The van der Waals surface area contributed by atoms with Crippen LogP contribution >= 0.6 is 24.8 Å². The number of rotatable bonds is 2. The third-order valence-electron chi connectivity index (χ3n) is 2.78. The van der Waals surface area contributed by atoms with Gasteiger partial charge in [0.1, 0.15) is 6.10 Å². The first-order chi connectivity index (χ1) is 8.36. The summed E-state index contributed by atoms with van der Waals surface area (Å²) in [5, 5.41) is 11.2. The van der Waals surface area contributed by atoms with Crippen LogP contribution in [0.3, 0.4) is 0 Å². The number of aliphatic hydroxyl groups excluding tert-OH is 1. The van der Waals surface area contributed by atoms with Crippen molar-refractivity contribution in [2.24, 2.45) is 0 Å². The quantitative estimate of drug-likeness (QED) is 0.764. The number of halogens is 2. The third kappa shape index (κ3) is 2.87. The number of pyridine rings is 1. The van der Waals surface area contributed by atoms with Gasteiger partial charge in [0.05, 0.1) is 17.5 Å². The minimum Gasteiger partial charge on any atom is -0.382 e. The Labute approximate surface area is 122 Å². The number of hydrogen-bond acceptors (Lipinski definition) is 3. The summed E-state index contributed by atoms with van der Waals surface area (Å²) >= 11 is 0. The van der Waals surface area contributed by atoms with E-state index in [1.807, 2.05) is 30.3 Å². The largest absolute Gasteiger partial charge is 0.382 e. The number of aromatic amines is 1. The van der Waals surface area contributed by atoms with Gasteiger partial charge in [-0.3, -0.25) is 4.98 Å². The summed E-state index contributed by atoms with van der Waals surface area (Å²) in [6.45, 7) is 0. The van der Waals surface area contributed by atoms with E-state index in [4.69, 9.17) is 0 Å². The van der Waals surface area contributed by atoms with Gasteiger partial charge in [0, 0.05) is 17.8 Å². The molecule has 3 aromatic rings. The van der Waals surface area contributed by atoms with Crippen LogP contribution in [-0.2, 0) is 0 Å². The Bertz CT molecular complexity index is 638. The molecular formula is C13H13Cl2N3O. The molecule has 1 aromatic carbocycles. The van der Waals surface area contributed by atoms with E-state index in [-0.39, 0.29) is 24.8 Å². The van der Waals surface area contributed by atoms with Crippen molar-refractivity contribution >= 4 is 35.7 Å². The van der Waals surface area contributed by atoms with Crippen LogP contribution < -0.4 is 0 Å². The Morgan fingerprint density at radius 1 is 1.05 bits per heavy atom. The van der Waals surface area contributed by atoms with Crippen molar-refractivity contribution in [3.63, 3.8) is 0 Å². The average molecular weight is 298 g/mol. The maximum absolute atomic E-state index is 10.3. The molecule has 0 aliphatic carbocycles. The SMILES string of the molecule is Cl.Cl.OC(c1c[nH]cn1)c1ccnc2ccccc12. The van der Waals surface area contributed by atoms with E-state index in [0.29, 0.717) is 5.69 Å². The highest BCUT2D eigenvalue weighted by Crippen LogP contribution is 2.26. The van der Waals surface area contributed by atoms with Crippen LogP contribution in [0.2, 0.25) is 0 Å². The van der Waals surface area contributed by atoms with Crippen molar-refractivity contribution in [1.29, 1.82) is 0 Å². The number of benzene rings is 1. The molecule has 0 amide bonds. The third-order valence-corrected chi connectivity index (χ3v) is 2.78. The van der Waals surface area contributed by atoms with Gasteiger partial charge in [0.15, 0.2) is 0 Å². The Kier molecular flexibility index (Phi) is 5.30. The zero-order valence-electron chi connectivity index (χ0n) is 9.85. The van der Waals surface area contributed by atoms with E-state index in [0.717, 1.165) is 16.5 Å². The van der Waals surface area contributed by atoms with Crippen molar-refractivity contribution in [3.8, 4) is 0 Å². The molecule has 0 saturated heterocycles. The normalized spacial score (nSPS) is 11.4. The summed E-state index contributed by atoms with van der Waals surface area (Å²) in [6, 6.07) is 9.57. The lowest BCUT2D eigenvalue weighted by Crippen LogP contribution is -2.01. The first kappa shape index (κ1) is 15.4. The monoisotopic (exact) mass is 297 g/mol. The second-order valence-electron chi connectivity index (χ2n) is 3.81. The lowest BCUT2D eigenvalue weighted by Gasteiger charge is -2.10. The minimum atomic E-state index is -0.728. The lowest BCUT2D eigenvalue weighted by molar-refractivity contribution is 0.217. The van der Waals surface area contributed by atoms with Gasteiger partial charge in [-0.15, -0.1) is 24.8 Å². The Morgan fingerprint density at radius 3 is 2.58 bits per heavy atom. The van der Waals surface area contributed by atoms with Gasteiger partial charge in [-0.2, -0.15) is 0 Å². The van der Waals surface area contributed by atoms with E-state index in [2.05, 4.69) is 15.0 Å². The van der Waals surface area contributed by atoms with Gasteiger partial charge >= 0.3 is 0 Å². The molecule has 0 aliphatic heterocycles. The number of para-hydroxylation sites is 1. The zero-order valence-corrected chi connectivity index (χ0v) is 11.5. The molecule has 19 heavy (non-hydrogen) atoms. The molecule has 4 nitrogen and oxygen atoms in total. The van der Waals surface area contributed by atoms with E-state index in [1.54, 1.807) is 18.7 Å². The van der Waals surface area contributed by atoms with E-state index in [1.165, 1.54) is 0 Å². The predicted molar refractivity (Wildman–Crippen MR) is 78.9 cm³/mol. The molecule has 0 aliphatic rings. The maximum atomic E-state index is 10.3. The number of imidazole rings is 1. The molecule has 0 radical (unpaired) electrons. The molecule has 0 fully saturated rings. The zero-order chi connectivity index (χ0) is 11.7. The fourth-order valence-electron chi connectivity index (χ4n) is 1.94. The number of nitrogens with one attached hydrogen (secondary N) is 1. The van der Waals surface area contributed by atoms with Gasteiger partial charge in [0.2, 0.25) is 0 Å². The highest BCUT2D eigenvalue weighted by atomic mass is 35.5. The highest BCUT2D eigenvalue weighted by Gasteiger charge is 2.15. The van der Waals surface area contributed by atoms with Crippen LogP contribution in [0.5, 0.6) is 0 Å². The van der Waals surface area contributed by atoms with E-state index >= 15 is 0 Å². The second-order valence-corrected chi connectivity index (χ2v) is 3.81. The molecule has 2 aromatic heterocycles. The summed E-state index contributed by atoms with van der Waals surface area (Å²) in [5.74, 6) is 0. The van der Waals surface area contributed by atoms with Crippen LogP contribution in [0, 0.1) is 0 Å². The first-order valence-corrected chi connectivity index (χ1v) is 5.36. The summed E-state index contributed by atoms with van der Waals surface area (Å²) in [6.07, 6.45) is 4.23. The molecule has 100 valence electrons. The molecule has 0 saturated carbocycles. The molecule has 0 bridgehead atoms. The summed E-state index contributed by atoms with van der Waals surface area (Å²) in [5.41, 5.74) is 2.31. The number of H-pyrrole nitrogens is 1. The van der Waals surface area contributed by atoms with Gasteiger partial charge in [0.25, 0.3) is 0 Å². The fourth-order valence-corrected chi connectivity index (χ4v) is 1.94. The summed E-state index contributed by atoms with van der Waals surface area (Å²) in [4.78, 5) is 11.2. The molecular weight excluding hydrogens is 285 g/mol. The first-order valence-electron chi connectivity index (χ1n) is 5.36. The average Bonchev–Trinajstić information content (AvgIpc) is 2.91. The van der Waals surface area contributed by atoms with Crippen LogP contribution in [0.15, 0.2) is 49.1 Å². The second kappa shape index (κ2) is 6.52. The predicted octanol–water partition coefficient (Wildman–Crippen LogP) is 2.88. The van der Waals surface area contributed by atoms with E-state index in [9.17, 15) is 5.11 Å². The van der Waals surface area contributed by atoms with Gasteiger partial charge in [-0.1, -0.05) is 18.2 Å². The Morgan fingerprint density at radius 2 is 1.84 bits per heavy atom. The van der Waals surface area contributed by atoms with Crippen LogP contribution in [0.1, 0.15) is 17.4 Å². The van der Waals surface area contributed by atoms with Crippen molar-refractivity contribution in [2.45, 2.75) is 6.10 Å². The standard InChI is InChI=1S/C13H11N3O.2ClH/c17-13(12-7-14-8-16-12)10-5-6-15-11-4-2-1-3-9(10)11;;/h1-8,13,17H,(H,14,16);2*1H. The minimum absolute atomic E-state index is 0.